The largest absolute Gasteiger partial charge is 0.491 e. The van der Waals surface area contributed by atoms with Crippen molar-refractivity contribution in [1.82, 2.24) is 20.2 Å². The SMILES string of the molecule is COCCOc1ccc2c(Nc3cc(C)[nH]n3)nc(CO)nc2c1. The van der Waals surface area contributed by atoms with Gasteiger partial charge in [-0.25, -0.2) is 9.97 Å². The van der Waals surface area contributed by atoms with Crippen LogP contribution in [0, 0.1) is 6.92 Å². The number of nitrogens with one attached hydrogen (secondary N) is 2. The molecular weight excluding hydrogens is 310 g/mol. The predicted octanol–water partition coefficient (Wildman–Crippen LogP) is 1.92. The molecule has 3 aromatic rings. The van der Waals surface area contributed by atoms with Crippen LogP contribution in [0.1, 0.15) is 11.5 Å². The van der Waals surface area contributed by atoms with Gasteiger partial charge in [-0.05, 0) is 19.1 Å². The monoisotopic (exact) mass is 329 g/mol. The lowest BCUT2D eigenvalue weighted by Crippen LogP contribution is -2.05. The van der Waals surface area contributed by atoms with Crippen LogP contribution < -0.4 is 10.1 Å². The number of aromatic nitrogens is 4. The van der Waals surface area contributed by atoms with Crippen molar-refractivity contribution in [2.45, 2.75) is 13.5 Å². The number of hydrogen-bond acceptors (Lipinski definition) is 7. The average molecular weight is 329 g/mol. The Morgan fingerprint density at radius 1 is 1.21 bits per heavy atom. The molecule has 8 heteroatoms. The van der Waals surface area contributed by atoms with E-state index in [1.165, 1.54) is 0 Å². The third-order valence-corrected chi connectivity index (χ3v) is 3.36. The molecule has 0 bridgehead atoms. The van der Waals surface area contributed by atoms with E-state index < -0.39 is 0 Å². The van der Waals surface area contributed by atoms with E-state index in [0.717, 1.165) is 11.1 Å². The smallest absolute Gasteiger partial charge is 0.156 e. The Balaban J connectivity index is 1.95. The summed E-state index contributed by atoms with van der Waals surface area (Å²) in [5.41, 5.74) is 1.62. The number of H-pyrrole nitrogens is 1. The zero-order valence-electron chi connectivity index (χ0n) is 13.5. The summed E-state index contributed by atoms with van der Waals surface area (Å²) in [6.45, 7) is 2.63. The van der Waals surface area contributed by atoms with Crippen LogP contribution >= 0.6 is 0 Å². The standard InChI is InChI=1S/C16H19N5O3/c1-10-7-14(21-20-10)18-16-12-4-3-11(24-6-5-23-2)8-13(12)17-15(9-22)19-16/h3-4,7-8,22H,5-6,9H2,1-2H3,(H2,17,18,19,20,21). The number of benzene rings is 1. The second-order valence-corrected chi connectivity index (χ2v) is 5.23. The first kappa shape index (κ1) is 16.2. The fourth-order valence-electron chi connectivity index (χ4n) is 2.26. The first-order valence-corrected chi connectivity index (χ1v) is 7.52. The molecule has 0 aliphatic heterocycles. The summed E-state index contributed by atoms with van der Waals surface area (Å²) >= 11 is 0. The number of methoxy groups -OCH3 is 1. The van der Waals surface area contributed by atoms with Crippen LogP contribution in [0.2, 0.25) is 0 Å². The fourth-order valence-corrected chi connectivity index (χ4v) is 2.26. The minimum absolute atomic E-state index is 0.251. The van der Waals surface area contributed by atoms with Crippen LogP contribution in [0.4, 0.5) is 11.6 Å². The zero-order valence-corrected chi connectivity index (χ0v) is 13.5. The summed E-state index contributed by atoms with van der Waals surface area (Å²) in [5, 5.41) is 20.4. The molecule has 2 heterocycles. The van der Waals surface area contributed by atoms with Gasteiger partial charge in [0.15, 0.2) is 11.6 Å². The summed E-state index contributed by atoms with van der Waals surface area (Å²) in [6, 6.07) is 7.41. The predicted molar refractivity (Wildman–Crippen MR) is 89.4 cm³/mol. The molecule has 8 nitrogen and oxygen atoms in total. The van der Waals surface area contributed by atoms with Gasteiger partial charge in [-0.15, -0.1) is 0 Å². The van der Waals surface area contributed by atoms with Crippen molar-refractivity contribution in [3.05, 3.63) is 35.8 Å². The maximum Gasteiger partial charge on any atom is 0.156 e. The first-order chi connectivity index (χ1) is 11.7. The van der Waals surface area contributed by atoms with E-state index in [9.17, 15) is 5.11 Å². The molecule has 1 aromatic carbocycles. The van der Waals surface area contributed by atoms with Crippen molar-refractivity contribution < 1.29 is 14.6 Å². The number of aryl methyl sites for hydroxylation is 1. The number of hydrogen-bond donors (Lipinski definition) is 3. The van der Waals surface area contributed by atoms with Crippen LogP contribution in [0.5, 0.6) is 5.75 Å². The number of aromatic amines is 1. The number of aliphatic hydroxyl groups excluding tert-OH is 1. The van der Waals surface area contributed by atoms with E-state index in [-0.39, 0.29) is 6.61 Å². The Kier molecular flexibility index (Phi) is 4.88. The highest BCUT2D eigenvalue weighted by atomic mass is 16.5. The van der Waals surface area contributed by atoms with Crippen LogP contribution in [0.3, 0.4) is 0 Å². The van der Waals surface area contributed by atoms with Crippen LogP contribution in [-0.4, -0.2) is 45.6 Å². The van der Waals surface area contributed by atoms with Gasteiger partial charge in [-0.3, -0.25) is 5.10 Å². The van der Waals surface area contributed by atoms with Gasteiger partial charge in [0.1, 0.15) is 24.8 Å². The molecule has 0 atom stereocenters. The van der Waals surface area contributed by atoms with E-state index in [2.05, 4.69) is 25.5 Å². The summed E-state index contributed by atoms with van der Waals surface area (Å²) in [5.74, 6) is 2.24. The number of nitrogens with zero attached hydrogens (tertiary/aromatic N) is 3. The van der Waals surface area contributed by atoms with Gasteiger partial charge in [-0.2, -0.15) is 5.10 Å². The molecule has 3 rings (SSSR count). The number of aliphatic hydroxyl groups is 1. The third-order valence-electron chi connectivity index (χ3n) is 3.36. The molecular formula is C16H19N5O3. The lowest BCUT2D eigenvalue weighted by atomic mass is 10.2. The zero-order chi connectivity index (χ0) is 16.9. The van der Waals surface area contributed by atoms with Gasteiger partial charge in [0.05, 0.1) is 12.1 Å². The normalized spacial score (nSPS) is 11.0. The molecule has 24 heavy (non-hydrogen) atoms. The maximum absolute atomic E-state index is 9.41. The Hall–Kier alpha value is -2.71. The van der Waals surface area contributed by atoms with Crippen molar-refractivity contribution in [2.75, 3.05) is 25.6 Å². The first-order valence-electron chi connectivity index (χ1n) is 7.52. The quantitative estimate of drug-likeness (QED) is 0.569. The molecule has 0 fully saturated rings. The number of rotatable bonds is 7. The third kappa shape index (κ3) is 3.61. The van der Waals surface area contributed by atoms with Crippen LogP contribution in [0.15, 0.2) is 24.3 Å². The highest BCUT2D eigenvalue weighted by molar-refractivity contribution is 5.91. The molecule has 0 saturated carbocycles. The molecule has 2 aromatic heterocycles. The minimum Gasteiger partial charge on any atom is -0.491 e. The molecule has 0 amide bonds. The van der Waals surface area contributed by atoms with Gasteiger partial charge in [-0.1, -0.05) is 0 Å². The molecule has 126 valence electrons. The molecule has 0 unspecified atom stereocenters. The Morgan fingerprint density at radius 3 is 2.79 bits per heavy atom. The topological polar surface area (TPSA) is 105 Å². The maximum atomic E-state index is 9.41. The molecule has 0 aliphatic carbocycles. The lowest BCUT2D eigenvalue weighted by Gasteiger charge is -2.10. The molecule has 0 saturated heterocycles. The Morgan fingerprint density at radius 2 is 2.08 bits per heavy atom. The van der Waals surface area contributed by atoms with Gasteiger partial charge < -0.3 is 19.9 Å². The highest BCUT2D eigenvalue weighted by Gasteiger charge is 2.10. The molecule has 0 spiro atoms. The number of fused-ring (bicyclic) bond motifs is 1. The van der Waals surface area contributed by atoms with Crippen molar-refractivity contribution in [3.63, 3.8) is 0 Å². The second kappa shape index (κ2) is 7.24. The summed E-state index contributed by atoms with van der Waals surface area (Å²) < 4.78 is 10.6. The minimum atomic E-state index is -0.251. The summed E-state index contributed by atoms with van der Waals surface area (Å²) in [6.07, 6.45) is 0. The van der Waals surface area contributed by atoms with Gasteiger partial charge in [0.2, 0.25) is 0 Å². The lowest BCUT2D eigenvalue weighted by molar-refractivity contribution is 0.146. The van der Waals surface area contributed by atoms with Crippen molar-refractivity contribution in [1.29, 1.82) is 0 Å². The summed E-state index contributed by atoms with van der Waals surface area (Å²) in [7, 11) is 1.62. The van der Waals surface area contributed by atoms with Crippen molar-refractivity contribution in [2.24, 2.45) is 0 Å². The van der Waals surface area contributed by atoms with E-state index >= 15 is 0 Å². The number of ether oxygens (including phenoxy) is 2. The van der Waals surface area contributed by atoms with Crippen molar-refractivity contribution in [3.8, 4) is 5.75 Å². The van der Waals surface area contributed by atoms with Gasteiger partial charge >= 0.3 is 0 Å². The van der Waals surface area contributed by atoms with E-state index in [1.54, 1.807) is 7.11 Å². The fraction of sp³-hybridized carbons (Fsp3) is 0.312. The van der Waals surface area contributed by atoms with Gasteiger partial charge in [0.25, 0.3) is 0 Å². The van der Waals surface area contributed by atoms with Crippen LogP contribution in [-0.2, 0) is 11.3 Å². The van der Waals surface area contributed by atoms with Crippen molar-refractivity contribution >= 4 is 22.5 Å². The average Bonchev–Trinajstić information content (AvgIpc) is 2.99. The second-order valence-electron chi connectivity index (χ2n) is 5.23. The van der Waals surface area contributed by atoms with Crippen LogP contribution in [0.25, 0.3) is 10.9 Å². The summed E-state index contributed by atoms with van der Waals surface area (Å²) in [4.78, 5) is 8.69. The highest BCUT2D eigenvalue weighted by Crippen LogP contribution is 2.26. The van der Waals surface area contributed by atoms with Gasteiger partial charge in [0, 0.05) is 30.3 Å². The Labute approximate surface area is 138 Å². The molecule has 3 N–H and O–H groups in total. The Bertz CT molecular complexity index is 834. The molecule has 0 aliphatic rings. The molecule has 0 radical (unpaired) electrons. The van der Waals surface area contributed by atoms with E-state index in [4.69, 9.17) is 9.47 Å². The van der Waals surface area contributed by atoms with E-state index in [0.29, 0.717) is 41.9 Å². The van der Waals surface area contributed by atoms with E-state index in [1.807, 2.05) is 31.2 Å². The number of anilines is 2.